The Morgan fingerprint density at radius 1 is 1.23 bits per heavy atom. The summed E-state index contributed by atoms with van der Waals surface area (Å²) in [6.07, 6.45) is 3.18. The van der Waals surface area contributed by atoms with Gasteiger partial charge in [-0.3, -0.25) is 0 Å². The first-order chi connectivity index (χ1) is 6.36. The van der Waals surface area contributed by atoms with Crippen molar-refractivity contribution in [3.8, 4) is 0 Å². The molecule has 1 aliphatic heterocycles. The molecule has 1 fully saturated rings. The van der Waals surface area contributed by atoms with Crippen LogP contribution < -0.4 is 0 Å². The molecule has 0 bridgehead atoms. The summed E-state index contributed by atoms with van der Waals surface area (Å²) in [4.78, 5) is 0. The molecule has 2 rings (SSSR count). The number of rotatable bonds is 1. The maximum atomic E-state index is 5.33. The minimum absolute atomic E-state index is 0.807. The average molecular weight is 210 g/mol. The van der Waals surface area contributed by atoms with Crippen molar-refractivity contribution in [3.05, 3.63) is 41.5 Å². The Hall–Kier alpha value is -0.678. The Balaban J connectivity index is 2.25. The molecule has 1 aliphatic rings. The van der Waals surface area contributed by atoms with Gasteiger partial charge in [-0.05, 0) is 0 Å². The normalized spacial score (nSPS) is 19.7. The van der Waals surface area contributed by atoms with E-state index in [1.807, 2.05) is 18.2 Å². The second kappa shape index (κ2) is 4.02. The van der Waals surface area contributed by atoms with E-state index in [4.69, 9.17) is 4.74 Å². The fourth-order valence-electron chi connectivity index (χ4n) is 1.33. The summed E-state index contributed by atoms with van der Waals surface area (Å²) in [5.41, 5.74) is 2.50. The average Bonchev–Trinajstić information content (AvgIpc) is 2.54. The van der Waals surface area contributed by atoms with Crippen molar-refractivity contribution < 1.29 is 20.6 Å². The second-order valence-electron chi connectivity index (χ2n) is 2.97. The van der Waals surface area contributed by atoms with Gasteiger partial charge in [0.05, 0.1) is 0 Å². The Bertz CT molecular complexity index is 340. The molecule has 1 heterocycles. The molecule has 2 heteroatoms. The van der Waals surface area contributed by atoms with Crippen molar-refractivity contribution in [3.63, 3.8) is 0 Å². The van der Waals surface area contributed by atoms with Gasteiger partial charge in [0, 0.05) is 0 Å². The van der Waals surface area contributed by atoms with Crippen molar-refractivity contribution in [2.24, 2.45) is 0 Å². The molecule has 1 nitrogen and oxygen atoms in total. The first-order valence-electron chi connectivity index (χ1n) is 4.29. The third-order valence-electron chi connectivity index (χ3n) is 2.01. The van der Waals surface area contributed by atoms with Gasteiger partial charge in [0.1, 0.15) is 0 Å². The fourth-order valence-corrected chi connectivity index (χ4v) is 1.71. The molecule has 13 heavy (non-hydrogen) atoms. The van der Waals surface area contributed by atoms with Gasteiger partial charge < -0.3 is 0 Å². The zero-order chi connectivity index (χ0) is 9.10. The predicted octanol–water partition coefficient (Wildman–Crippen LogP) is 2.17. The van der Waals surface area contributed by atoms with E-state index in [9.17, 15) is 0 Å². The molecular weight excluding hydrogens is 200 g/mol. The third-order valence-corrected chi connectivity index (χ3v) is 2.60. The molecular formula is C11H10CrO. The Morgan fingerprint density at radius 2 is 2.00 bits per heavy atom. The molecule has 0 atom stereocenters. The van der Waals surface area contributed by atoms with Crippen molar-refractivity contribution >= 4 is 10.6 Å². The zero-order valence-corrected chi connectivity index (χ0v) is 8.47. The van der Waals surface area contributed by atoms with Crippen LogP contribution in [0.25, 0.3) is 6.08 Å². The molecule has 0 aromatic heterocycles. The molecule has 0 amide bonds. The fraction of sp³-hybridized carbons (Fsp3) is 0.182. The van der Waals surface area contributed by atoms with Crippen LogP contribution in [-0.4, -0.2) is 11.2 Å². The van der Waals surface area contributed by atoms with Crippen LogP contribution in [0.1, 0.15) is 12.0 Å². The standard InChI is InChI=1S/C11H10O.Cr/c1-2-4-10(5-3-1)8-11-6-7-12-9-11;/h1-5,8H,6-7H2;/b11-8+;. The van der Waals surface area contributed by atoms with Gasteiger partial charge in [-0.25, -0.2) is 0 Å². The Labute approximate surface area is 86.0 Å². The summed E-state index contributed by atoms with van der Waals surface area (Å²) >= 11 is 2.94. The summed E-state index contributed by atoms with van der Waals surface area (Å²) in [6, 6.07) is 10.3. The molecule has 0 radical (unpaired) electrons. The van der Waals surface area contributed by atoms with E-state index in [2.05, 4.69) is 34.1 Å². The van der Waals surface area contributed by atoms with Crippen LogP contribution in [0.15, 0.2) is 35.9 Å². The van der Waals surface area contributed by atoms with Crippen LogP contribution >= 0.6 is 0 Å². The Morgan fingerprint density at radius 3 is 2.62 bits per heavy atom. The van der Waals surface area contributed by atoms with Crippen LogP contribution in [0.5, 0.6) is 0 Å². The van der Waals surface area contributed by atoms with Crippen molar-refractivity contribution in [2.45, 2.75) is 6.42 Å². The molecule has 1 aromatic carbocycles. The van der Waals surface area contributed by atoms with Crippen LogP contribution in [-0.2, 0) is 20.6 Å². The van der Waals surface area contributed by atoms with Crippen molar-refractivity contribution in [1.29, 1.82) is 0 Å². The third kappa shape index (κ3) is 2.16. The van der Waals surface area contributed by atoms with Gasteiger partial charge in [0.25, 0.3) is 0 Å². The van der Waals surface area contributed by atoms with Gasteiger partial charge in [-0.15, -0.1) is 0 Å². The summed E-state index contributed by atoms with van der Waals surface area (Å²) in [5.74, 6) is 0. The summed E-state index contributed by atoms with van der Waals surface area (Å²) in [7, 11) is 0. The number of benzene rings is 1. The summed E-state index contributed by atoms with van der Waals surface area (Å²) in [6.45, 7) is 0.807. The van der Waals surface area contributed by atoms with Gasteiger partial charge in [-0.2, -0.15) is 0 Å². The summed E-state index contributed by atoms with van der Waals surface area (Å²) in [5, 5.41) is 0. The van der Waals surface area contributed by atoms with Gasteiger partial charge in [-0.1, -0.05) is 0 Å². The molecule has 66 valence electrons. The monoisotopic (exact) mass is 210 g/mol. The van der Waals surface area contributed by atoms with Gasteiger partial charge in [0.15, 0.2) is 0 Å². The van der Waals surface area contributed by atoms with E-state index in [0.29, 0.717) is 0 Å². The van der Waals surface area contributed by atoms with E-state index in [1.54, 1.807) is 0 Å². The second-order valence-corrected chi connectivity index (χ2v) is 3.55. The van der Waals surface area contributed by atoms with Crippen molar-refractivity contribution in [1.82, 2.24) is 0 Å². The first-order valence-corrected chi connectivity index (χ1v) is 4.93. The van der Waals surface area contributed by atoms with Gasteiger partial charge in [0.2, 0.25) is 0 Å². The van der Waals surface area contributed by atoms with E-state index >= 15 is 0 Å². The molecule has 0 saturated carbocycles. The van der Waals surface area contributed by atoms with Crippen molar-refractivity contribution in [2.75, 3.05) is 6.61 Å². The molecule has 1 saturated heterocycles. The Kier molecular flexibility index (Phi) is 2.75. The van der Waals surface area contributed by atoms with E-state index < -0.39 is 0 Å². The zero-order valence-electron chi connectivity index (χ0n) is 7.19. The SMILES string of the molecule is [Cr]=[C]1OCC/C1=C\c1ccccc1. The van der Waals surface area contributed by atoms with Crippen LogP contribution in [0, 0.1) is 0 Å². The summed E-state index contributed by atoms with van der Waals surface area (Å²) < 4.78 is 6.28. The van der Waals surface area contributed by atoms with Crippen LogP contribution in [0.2, 0.25) is 0 Å². The van der Waals surface area contributed by atoms with Crippen LogP contribution in [0.4, 0.5) is 0 Å². The minimum atomic E-state index is 0.807. The van der Waals surface area contributed by atoms with Crippen LogP contribution in [0.3, 0.4) is 0 Å². The van der Waals surface area contributed by atoms with E-state index in [-0.39, 0.29) is 0 Å². The number of hydrogen-bond acceptors (Lipinski definition) is 1. The predicted molar refractivity (Wildman–Crippen MR) is 50.0 cm³/mol. The quantitative estimate of drug-likeness (QED) is 0.690. The first kappa shape index (κ1) is 8.90. The van der Waals surface area contributed by atoms with E-state index in [0.717, 1.165) is 17.6 Å². The maximum absolute atomic E-state index is 5.33. The number of hydrogen-bond donors (Lipinski definition) is 0. The molecule has 0 unspecified atom stereocenters. The molecule has 0 spiro atoms. The molecule has 0 aliphatic carbocycles. The van der Waals surface area contributed by atoms with Gasteiger partial charge >= 0.3 is 85.7 Å². The topological polar surface area (TPSA) is 9.23 Å². The molecule has 0 N–H and O–H groups in total. The number of ether oxygens (including phenoxy) is 1. The molecule has 1 aromatic rings. The van der Waals surface area contributed by atoms with E-state index in [1.165, 1.54) is 11.1 Å².